The molecule has 30 heavy (non-hydrogen) atoms. The molecule has 0 atom stereocenters. The molecule has 2 rings (SSSR count). The van der Waals surface area contributed by atoms with Crippen molar-refractivity contribution in [1.82, 2.24) is 4.90 Å². The fourth-order valence-electron chi connectivity index (χ4n) is 2.68. The van der Waals surface area contributed by atoms with Gasteiger partial charge in [-0.05, 0) is 42.2 Å². The summed E-state index contributed by atoms with van der Waals surface area (Å²) in [6, 6.07) is 14.9. The molecule has 0 heterocycles. The first-order valence-electron chi connectivity index (χ1n) is 9.17. The number of nitrogens with zero attached hydrogens (tertiary/aromatic N) is 1. The van der Waals surface area contributed by atoms with Crippen molar-refractivity contribution in [2.45, 2.75) is 26.1 Å². The van der Waals surface area contributed by atoms with Gasteiger partial charge >= 0.3 is 18.1 Å². The fourth-order valence-corrected chi connectivity index (χ4v) is 2.68. The van der Waals surface area contributed by atoms with Crippen LogP contribution in [-0.4, -0.2) is 41.1 Å². The fraction of sp³-hybridized carbons (Fsp3) is 0.273. The summed E-state index contributed by atoms with van der Waals surface area (Å²) >= 11 is 0. The van der Waals surface area contributed by atoms with Gasteiger partial charge in [0.05, 0.1) is 0 Å². The van der Waals surface area contributed by atoms with E-state index in [-0.39, 0.29) is 37.4 Å². The zero-order valence-corrected chi connectivity index (χ0v) is 16.4. The zero-order chi connectivity index (χ0) is 22.1. The number of hydrogen-bond acceptors (Lipinski definition) is 4. The molecule has 8 heteroatoms. The summed E-state index contributed by atoms with van der Waals surface area (Å²) < 4.78 is 44.0. The van der Waals surface area contributed by atoms with Crippen LogP contribution >= 0.6 is 0 Å². The van der Waals surface area contributed by atoms with Crippen molar-refractivity contribution >= 4 is 11.9 Å². The van der Waals surface area contributed by atoms with Gasteiger partial charge in [-0.2, -0.15) is 13.2 Å². The van der Waals surface area contributed by atoms with Gasteiger partial charge in [-0.25, -0.2) is 4.79 Å². The Balaban J connectivity index is 2.00. The van der Waals surface area contributed by atoms with E-state index in [2.05, 4.69) is 0 Å². The molecule has 0 unspecified atom stereocenters. The SMILES string of the molecule is C/C(=C\C(=O)OCc1ccccc1)CN(CCc1ccc(O)cc1)C(=O)C(F)(F)F. The Morgan fingerprint density at radius 2 is 1.67 bits per heavy atom. The monoisotopic (exact) mass is 421 g/mol. The summed E-state index contributed by atoms with van der Waals surface area (Å²) in [5.74, 6) is -2.64. The number of carbonyl (C=O) groups is 2. The van der Waals surface area contributed by atoms with Gasteiger partial charge in [-0.3, -0.25) is 4.79 Å². The molecule has 0 fully saturated rings. The van der Waals surface area contributed by atoms with Gasteiger partial charge in [0, 0.05) is 19.2 Å². The molecule has 0 aliphatic carbocycles. The number of aromatic hydroxyl groups is 1. The highest BCUT2D eigenvalue weighted by molar-refractivity contribution is 5.84. The van der Waals surface area contributed by atoms with Crippen molar-refractivity contribution in [3.63, 3.8) is 0 Å². The minimum absolute atomic E-state index is 0.0368. The van der Waals surface area contributed by atoms with Crippen LogP contribution in [0.5, 0.6) is 5.75 Å². The van der Waals surface area contributed by atoms with E-state index >= 15 is 0 Å². The summed E-state index contributed by atoms with van der Waals surface area (Å²) in [7, 11) is 0. The smallest absolute Gasteiger partial charge is 0.471 e. The molecule has 2 aromatic rings. The Hall–Kier alpha value is -3.29. The van der Waals surface area contributed by atoms with Crippen LogP contribution in [0.4, 0.5) is 13.2 Å². The number of phenols is 1. The van der Waals surface area contributed by atoms with E-state index in [1.165, 1.54) is 19.1 Å². The van der Waals surface area contributed by atoms with Gasteiger partial charge in [0.1, 0.15) is 12.4 Å². The average molecular weight is 421 g/mol. The van der Waals surface area contributed by atoms with E-state index in [4.69, 9.17) is 4.74 Å². The second kappa shape index (κ2) is 10.5. The van der Waals surface area contributed by atoms with Crippen LogP contribution in [0.2, 0.25) is 0 Å². The van der Waals surface area contributed by atoms with Crippen LogP contribution in [0.25, 0.3) is 0 Å². The molecule has 1 amide bonds. The third-order valence-corrected chi connectivity index (χ3v) is 4.16. The maximum Gasteiger partial charge on any atom is 0.471 e. The topological polar surface area (TPSA) is 66.8 Å². The number of amides is 1. The van der Waals surface area contributed by atoms with Crippen LogP contribution in [0.1, 0.15) is 18.1 Å². The highest BCUT2D eigenvalue weighted by Crippen LogP contribution is 2.20. The second-order valence-corrected chi connectivity index (χ2v) is 6.72. The largest absolute Gasteiger partial charge is 0.508 e. The molecule has 0 bridgehead atoms. The Bertz CT molecular complexity index is 878. The first-order chi connectivity index (χ1) is 14.1. The molecule has 0 aliphatic rings. The summed E-state index contributed by atoms with van der Waals surface area (Å²) in [6.07, 6.45) is -3.78. The Labute approximate surface area is 172 Å². The molecule has 160 valence electrons. The predicted octanol–water partition coefficient (Wildman–Crippen LogP) is 4.02. The second-order valence-electron chi connectivity index (χ2n) is 6.72. The van der Waals surface area contributed by atoms with Gasteiger partial charge < -0.3 is 14.7 Å². The highest BCUT2D eigenvalue weighted by atomic mass is 19.4. The van der Waals surface area contributed by atoms with E-state index in [1.807, 2.05) is 6.07 Å². The van der Waals surface area contributed by atoms with Crippen LogP contribution in [0.15, 0.2) is 66.2 Å². The maximum absolute atomic E-state index is 13.0. The first kappa shape index (κ1) is 23.0. The van der Waals surface area contributed by atoms with Gasteiger partial charge in [0.2, 0.25) is 0 Å². The van der Waals surface area contributed by atoms with E-state index in [0.29, 0.717) is 10.5 Å². The standard InChI is InChI=1S/C22H22F3NO4/c1-16(13-20(28)30-15-18-5-3-2-4-6-18)14-26(21(29)22(23,24)25)12-11-17-7-9-19(27)10-8-17/h2-10,13,27H,11-12,14-15H2,1H3/b16-13+. The third-order valence-electron chi connectivity index (χ3n) is 4.16. The van der Waals surface area contributed by atoms with E-state index < -0.39 is 18.1 Å². The summed E-state index contributed by atoms with van der Waals surface area (Å²) in [4.78, 5) is 24.4. The minimum Gasteiger partial charge on any atom is -0.508 e. The Kier molecular flexibility index (Phi) is 8.03. The lowest BCUT2D eigenvalue weighted by Gasteiger charge is -2.24. The number of benzene rings is 2. The molecule has 0 aliphatic heterocycles. The lowest BCUT2D eigenvalue weighted by Crippen LogP contribution is -2.43. The van der Waals surface area contributed by atoms with Crippen LogP contribution < -0.4 is 0 Å². The van der Waals surface area contributed by atoms with Crippen molar-refractivity contribution in [3.8, 4) is 5.75 Å². The van der Waals surface area contributed by atoms with Gasteiger partial charge in [0.25, 0.3) is 0 Å². The maximum atomic E-state index is 13.0. The average Bonchev–Trinajstić information content (AvgIpc) is 2.70. The lowest BCUT2D eigenvalue weighted by atomic mass is 10.1. The highest BCUT2D eigenvalue weighted by Gasteiger charge is 2.42. The molecule has 2 aromatic carbocycles. The van der Waals surface area contributed by atoms with Gasteiger partial charge in [0.15, 0.2) is 0 Å². The zero-order valence-electron chi connectivity index (χ0n) is 16.4. The predicted molar refractivity (Wildman–Crippen MR) is 104 cm³/mol. The molecule has 1 N–H and O–H groups in total. The van der Waals surface area contributed by atoms with Crippen molar-refractivity contribution in [2.24, 2.45) is 0 Å². The quantitative estimate of drug-likeness (QED) is 0.517. The molecule has 0 radical (unpaired) electrons. The van der Waals surface area contributed by atoms with E-state index in [0.717, 1.165) is 11.6 Å². The molecule has 5 nitrogen and oxygen atoms in total. The molecule has 0 aromatic heterocycles. The number of phenolic OH excluding ortho intramolecular Hbond substituents is 1. The van der Waals surface area contributed by atoms with Crippen molar-refractivity contribution < 1.29 is 32.6 Å². The van der Waals surface area contributed by atoms with Gasteiger partial charge in [-0.15, -0.1) is 0 Å². The van der Waals surface area contributed by atoms with E-state index in [9.17, 15) is 27.9 Å². The third kappa shape index (κ3) is 7.62. The lowest BCUT2D eigenvalue weighted by molar-refractivity contribution is -0.185. The molecule has 0 spiro atoms. The van der Waals surface area contributed by atoms with Crippen molar-refractivity contribution in [2.75, 3.05) is 13.1 Å². The Morgan fingerprint density at radius 3 is 2.27 bits per heavy atom. The summed E-state index contributed by atoms with van der Waals surface area (Å²) in [6.45, 7) is 0.931. The van der Waals surface area contributed by atoms with E-state index in [1.54, 1.807) is 36.4 Å². The summed E-state index contributed by atoms with van der Waals surface area (Å²) in [5.41, 5.74) is 1.70. The first-order valence-corrected chi connectivity index (χ1v) is 9.17. The Morgan fingerprint density at radius 1 is 1.03 bits per heavy atom. The molecular formula is C22H22F3NO4. The number of rotatable bonds is 8. The number of ether oxygens (including phenoxy) is 1. The molecule has 0 saturated carbocycles. The molecular weight excluding hydrogens is 399 g/mol. The van der Waals surface area contributed by atoms with Crippen molar-refractivity contribution in [3.05, 3.63) is 77.4 Å². The number of hydrogen-bond donors (Lipinski definition) is 1. The molecule has 0 saturated heterocycles. The normalized spacial score (nSPS) is 11.8. The van der Waals surface area contributed by atoms with Crippen LogP contribution in [-0.2, 0) is 27.4 Å². The minimum atomic E-state index is -5.02. The van der Waals surface area contributed by atoms with Gasteiger partial charge in [-0.1, -0.05) is 42.5 Å². The number of alkyl halides is 3. The number of carbonyl (C=O) groups excluding carboxylic acids is 2. The number of halogens is 3. The van der Waals surface area contributed by atoms with Crippen LogP contribution in [0.3, 0.4) is 0 Å². The summed E-state index contributed by atoms with van der Waals surface area (Å²) in [5, 5.41) is 9.28. The van der Waals surface area contributed by atoms with Crippen LogP contribution in [0, 0.1) is 0 Å². The number of esters is 1. The van der Waals surface area contributed by atoms with Crippen molar-refractivity contribution in [1.29, 1.82) is 0 Å².